The zero-order valence-electron chi connectivity index (χ0n) is 11.8. The zero-order valence-corrected chi connectivity index (χ0v) is 11.8. The molecular formula is C17H18N2O. The summed E-state index contributed by atoms with van der Waals surface area (Å²) in [5.41, 5.74) is 4.20. The second-order valence-electron chi connectivity index (χ2n) is 5.24. The van der Waals surface area contributed by atoms with Gasteiger partial charge in [-0.1, -0.05) is 30.3 Å². The van der Waals surface area contributed by atoms with Crippen molar-refractivity contribution in [2.45, 2.75) is 26.4 Å². The number of anilines is 2. The number of fused-ring (bicyclic) bond motifs is 1. The minimum absolute atomic E-state index is 0.0838. The van der Waals surface area contributed by atoms with Crippen LogP contribution in [0.2, 0.25) is 0 Å². The average molecular weight is 266 g/mol. The number of nitrogens with zero attached hydrogens (tertiary/aromatic N) is 1. The van der Waals surface area contributed by atoms with Crippen molar-refractivity contribution in [3.05, 3.63) is 59.7 Å². The summed E-state index contributed by atoms with van der Waals surface area (Å²) in [5.74, 6) is 0.0838. The van der Waals surface area contributed by atoms with Crippen LogP contribution < -0.4 is 10.2 Å². The normalized spacial score (nSPS) is 18.6. The Morgan fingerprint density at radius 3 is 2.75 bits per heavy atom. The first-order valence-electron chi connectivity index (χ1n) is 6.89. The van der Waals surface area contributed by atoms with E-state index in [0.29, 0.717) is 6.54 Å². The average Bonchev–Trinajstić information content (AvgIpc) is 2.57. The van der Waals surface area contributed by atoms with Crippen LogP contribution in [-0.2, 0) is 11.3 Å². The van der Waals surface area contributed by atoms with Crippen LogP contribution in [0.15, 0.2) is 48.5 Å². The Balaban J connectivity index is 2.17. The number of benzene rings is 2. The van der Waals surface area contributed by atoms with E-state index in [2.05, 4.69) is 11.4 Å². The van der Waals surface area contributed by atoms with Gasteiger partial charge in [0.1, 0.15) is 0 Å². The van der Waals surface area contributed by atoms with Gasteiger partial charge >= 0.3 is 0 Å². The summed E-state index contributed by atoms with van der Waals surface area (Å²) in [4.78, 5) is 14.5. The van der Waals surface area contributed by atoms with Crippen LogP contribution in [0.1, 0.15) is 18.1 Å². The molecule has 0 saturated carbocycles. The van der Waals surface area contributed by atoms with Gasteiger partial charge in [-0.15, -0.1) is 0 Å². The highest BCUT2D eigenvalue weighted by Crippen LogP contribution is 2.31. The predicted molar refractivity (Wildman–Crippen MR) is 81.1 cm³/mol. The predicted octanol–water partition coefficient (Wildman–Crippen LogP) is 3.15. The van der Waals surface area contributed by atoms with E-state index in [1.165, 1.54) is 0 Å². The molecule has 0 spiro atoms. The molecule has 3 rings (SSSR count). The highest BCUT2D eigenvalue weighted by Gasteiger charge is 2.28. The number of aryl methyl sites for hydroxylation is 1. The fourth-order valence-corrected chi connectivity index (χ4v) is 2.57. The largest absolute Gasteiger partial charge is 0.302 e. The van der Waals surface area contributed by atoms with E-state index in [4.69, 9.17) is 0 Å². The molecule has 0 fully saturated rings. The molecule has 0 saturated heterocycles. The first-order chi connectivity index (χ1) is 9.66. The number of carbonyl (C=O) groups is 1. The Morgan fingerprint density at radius 1 is 1.15 bits per heavy atom. The van der Waals surface area contributed by atoms with Crippen molar-refractivity contribution in [3.8, 4) is 0 Å². The maximum absolute atomic E-state index is 12.7. The highest BCUT2D eigenvalue weighted by molar-refractivity contribution is 6.04. The van der Waals surface area contributed by atoms with Gasteiger partial charge < -0.3 is 5.32 Å². The van der Waals surface area contributed by atoms with Gasteiger partial charge in [0.25, 0.3) is 0 Å². The van der Waals surface area contributed by atoms with Gasteiger partial charge in [0.15, 0.2) is 0 Å². The lowest BCUT2D eigenvalue weighted by molar-refractivity contribution is -0.119. The van der Waals surface area contributed by atoms with E-state index >= 15 is 0 Å². The van der Waals surface area contributed by atoms with Gasteiger partial charge in [0.2, 0.25) is 5.91 Å². The summed E-state index contributed by atoms with van der Waals surface area (Å²) in [6, 6.07) is 15.9. The molecule has 1 amide bonds. The van der Waals surface area contributed by atoms with Crippen molar-refractivity contribution in [2.75, 3.05) is 4.90 Å². The quantitative estimate of drug-likeness (QED) is 0.860. The molecule has 1 aliphatic rings. The van der Waals surface area contributed by atoms with Crippen molar-refractivity contribution < 1.29 is 4.79 Å². The van der Waals surface area contributed by atoms with Gasteiger partial charge in [0.05, 0.1) is 11.7 Å². The third kappa shape index (κ3) is 2.21. The zero-order chi connectivity index (χ0) is 14.1. The van der Waals surface area contributed by atoms with Crippen LogP contribution in [0, 0.1) is 6.92 Å². The van der Waals surface area contributed by atoms with Gasteiger partial charge in [-0.25, -0.2) is 0 Å². The lowest BCUT2D eigenvalue weighted by Gasteiger charge is -2.24. The summed E-state index contributed by atoms with van der Waals surface area (Å²) in [6.07, 6.45) is 0. The summed E-state index contributed by atoms with van der Waals surface area (Å²) >= 11 is 0. The second-order valence-corrected chi connectivity index (χ2v) is 5.24. The van der Waals surface area contributed by atoms with Crippen LogP contribution in [0.25, 0.3) is 0 Å². The number of amides is 1. The molecule has 3 heteroatoms. The fraction of sp³-hybridized carbons (Fsp3) is 0.235. The van der Waals surface area contributed by atoms with E-state index in [9.17, 15) is 4.79 Å². The van der Waals surface area contributed by atoms with E-state index in [1.807, 2.05) is 61.2 Å². The molecule has 1 unspecified atom stereocenters. The molecule has 102 valence electrons. The van der Waals surface area contributed by atoms with E-state index in [1.54, 1.807) is 0 Å². The summed E-state index contributed by atoms with van der Waals surface area (Å²) in [5, 5.41) is 3.27. The molecule has 20 heavy (non-hydrogen) atoms. The van der Waals surface area contributed by atoms with Crippen molar-refractivity contribution in [3.63, 3.8) is 0 Å². The second kappa shape index (κ2) is 5.10. The highest BCUT2D eigenvalue weighted by atomic mass is 16.2. The molecule has 1 aliphatic heterocycles. The Labute approximate surface area is 119 Å². The molecule has 2 aromatic carbocycles. The topological polar surface area (TPSA) is 32.3 Å². The lowest BCUT2D eigenvalue weighted by Crippen LogP contribution is -2.39. The van der Waals surface area contributed by atoms with E-state index < -0.39 is 0 Å². The number of hydrogen-bond donors (Lipinski definition) is 1. The number of nitrogens with one attached hydrogen (secondary N) is 1. The minimum atomic E-state index is -0.192. The maximum Gasteiger partial charge on any atom is 0.248 e. The summed E-state index contributed by atoms with van der Waals surface area (Å²) < 4.78 is 0. The summed E-state index contributed by atoms with van der Waals surface area (Å²) in [7, 11) is 0. The van der Waals surface area contributed by atoms with Crippen LogP contribution >= 0.6 is 0 Å². The van der Waals surface area contributed by atoms with Crippen LogP contribution in [0.3, 0.4) is 0 Å². The molecule has 0 bridgehead atoms. The number of para-hydroxylation sites is 1. The van der Waals surface area contributed by atoms with Gasteiger partial charge in [-0.2, -0.15) is 0 Å². The van der Waals surface area contributed by atoms with Crippen molar-refractivity contribution in [1.82, 2.24) is 5.32 Å². The maximum atomic E-state index is 12.7. The number of carbonyl (C=O) groups excluding carboxylic acids is 1. The van der Waals surface area contributed by atoms with E-state index in [-0.39, 0.29) is 11.9 Å². The first kappa shape index (κ1) is 12.9. The molecule has 2 aromatic rings. The van der Waals surface area contributed by atoms with Gasteiger partial charge in [0, 0.05) is 12.2 Å². The molecule has 0 aromatic heterocycles. The standard InChI is InChI=1S/C17H18N2O/c1-12-6-5-8-15(10-12)19-16-9-4-3-7-14(16)11-18-13(2)17(19)20/h3-10,13,18H,11H2,1-2H3. The van der Waals surface area contributed by atoms with Crippen LogP contribution in [0.4, 0.5) is 11.4 Å². The van der Waals surface area contributed by atoms with Gasteiger partial charge in [-0.3, -0.25) is 9.69 Å². The Hall–Kier alpha value is -2.13. The molecule has 0 radical (unpaired) electrons. The molecular weight excluding hydrogens is 248 g/mol. The van der Waals surface area contributed by atoms with Crippen molar-refractivity contribution in [1.29, 1.82) is 0 Å². The number of hydrogen-bond acceptors (Lipinski definition) is 2. The Morgan fingerprint density at radius 2 is 1.95 bits per heavy atom. The molecule has 0 aliphatic carbocycles. The van der Waals surface area contributed by atoms with Crippen molar-refractivity contribution in [2.24, 2.45) is 0 Å². The first-order valence-corrected chi connectivity index (χ1v) is 6.89. The van der Waals surface area contributed by atoms with Gasteiger partial charge in [-0.05, 0) is 43.2 Å². The van der Waals surface area contributed by atoms with Crippen molar-refractivity contribution >= 4 is 17.3 Å². The monoisotopic (exact) mass is 266 g/mol. The minimum Gasteiger partial charge on any atom is -0.302 e. The molecule has 3 nitrogen and oxygen atoms in total. The Bertz CT molecular complexity index is 651. The molecule has 1 heterocycles. The van der Waals surface area contributed by atoms with E-state index in [0.717, 1.165) is 22.5 Å². The smallest absolute Gasteiger partial charge is 0.248 e. The third-order valence-corrected chi connectivity index (χ3v) is 3.68. The molecule has 1 N–H and O–H groups in total. The molecule has 1 atom stereocenters. The SMILES string of the molecule is Cc1cccc(N2C(=O)C(C)NCc3ccccc32)c1. The van der Waals surface area contributed by atoms with Crippen LogP contribution in [0.5, 0.6) is 0 Å². The fourth-order valence-electron chi connectivity index (χ4n) is 2.57. The lowest BCUT2D eigenvalue weighted by atomic mass is 10.1. The number of rotatable bonds is 1. The Kier molecular flexibility index (Phi) is 3.28. The third-order valence-electron chi connectivity index (χ3n) is 3.68. The van der Waals surface area contributed by atoms with Crippen LogP contribution in [-0.4, -0.2) is 11.9 Å². The summed E-state index contributed by atoms with van der Waals surface area (Å²) in [6.45, 7) is 4.67.